The summed E-state index contributed by atoms with van der Waals surface area (Å²) in [4.78, 5) is 13.6. The van der Waals surface area contributed by atoms with Gasteiger partial charge in [0.05, 0.1) is 24.1 Å². The van der Waals surface area contributed by atoms with Gasteiger partial charge in [-0.05, 0) is 37.8 Å². The van der Waals surface area contributed by atoms with Gasteiger partial charge < -0.3 is 14.4 Å². The summed E-state index contributed by atoms with van der Waals surface area (Å²) >= 11 is 6.47. The van der Waals surface area contributed by atoms with Crippen LogP contribution in [0.3, 0.4) is 0 Å². The number of piperidine rings is 1. The van der Waals surface area contributed by atoms with Crippen molar-refractivity contribution < 1.29 is 14.3 Å². The van der Waals surface area contributed by atoms with Crippen LogP contribution in [-0.2, 0) is 9.53 Å². The zero-order valence-corrected chi connectivity index (χ0v) is 14.1. The minimum atomic E-state index is -0.349. The Morgan fingerprint density at radius 1 is 1.23 bits per heavy atom. The van der Waals surface area contributed by atoms with Crippen molar-refractivity contribution in [3.8, 4) is 5.75 Å². The molecular formula is C17H22ClNO3. The Kier molecular flexibility index (Phi) is 5.72. The maximum Gasteiger partial charge on any atom is 0.308 e. The Morgan fingerprint density at radius 2 is 1.91 bits per heavy atom. The number of allylic oxidation sites excluding steroid dienone is 1. The van der Waals surface area contributed by atoms with Crippen LogP contribution in [0, 0.1) is 0 Å². The number of carbonyl (C=O) groups is 1. The number of esters is 1. The molecule has 0 radical (unpaired) electrons. The highest BCUT2D eigenvalue weighted by Crippen LogP contribution is 2.37. The molecule has 22 heavy (non-hydrogen) atoms. The third-order valence-electron chi connectivity index (χ3n) is 3.72. The van der Waals surface area contributed by atoms with E-state index < -0.39 is 0 Å². The normalized spacial score (nSPS) is 15.6. The fourth-order valence-corrected chi connectivity index (χ4v) is 2.99. The predicted octanol–water partition coefficient (Wildman–Crippen LogP) is 4.26. The summed E-state index contributed by atoms with van der Waals surface area (Å²) in [5, 5.41) is 0.664. The largest absolute Gasteiger partial charge is 0.504 e. The summed E-state index contributed by atoms with van der Waals surface area (Å²) in [6.45, 7) is 5.24. The fraction of sp³-hybridized carbons (Fsp3) is 0.471. The summed E-state index contributed by atoms with van der Waals surface area (Å²) in [5.74, 6) is 0.168. The number of methoxy groups -OCH3 is 1. The molecule has 1 aliphatic rings. The molecule has 0 N–H and O–H groups in total. The number of ether oxygens (including phenoxy) is 2. The average molecular weight is 324 g/mol. The maximum absolute atomic E-state index is 11.4. The van der Waals surface area contributed by atoms with Crippen LogP contribution >= 0.6 is 11.6 Å². The van der Waals surface area contributed by atoms with E-state index >= 15 is 0 Å². The number of benzene rings is 1. The predicted molar refractivity (Wildman–Crippen MR) is 89.5 cm³/mol. The van der Waals surface area contributed by atoms with Gasteiger partial charge in [-0.2, -0.15) is 0 Å². The Morgan fingerprint density at radius 3 is 2.50 bits per heavy atom. The summed E-state index contributed by atoms with van der Waals surface area (Å²) in [7, 11) is 1.58. The first-order valence-corrected chi connectivity index (χ1v) is 7.87. The maximum atomic E-state index is 11.4. The second-order valence-electron chi connectivity index (χ2n) is 5.48. The molecule has 1 aromatic carbocycles. The first kappa shape index (κ1) is 16.7. The summed E-state index contributed by atoms with van der Waals surface area (Å²) in [5.41, 5.74) is 2.54. The molecule has 0 bridgehead atoms. The Balaban J connectivity index is 2.44. The van der Waals surface area contributed by atoms with Crippen LogP contribution in [0.25, 0.3) is 5.57 Å². The lowest BCUT2D eigenvalue weighted by Crippen LogP contribution is -2.29. The monoisotopic (exact) mass is 323 g/mol. The molecule has 1 aromatic rings. The molecule has 0 spiro atoms. The molecule has 1 aliphatic heterocycles. The van der Waals surface area contributed by atoms with E-state index in [9.17, 15) is 4.79 Å². The van der Waals surface area contributed by atoms with Gasteiger partial charge in [0.2, 0.25) is 0 Å². The van der Waals surface area contributed by atoms with Gasteiger partial charge >= 0.3 is 5.97 Å². The molecule has 0 saturated carbocycles. The minimum absolute atomic E-state index is 0.349. The van der Waals surface area contributed by atoms with Gasteiger partial charge in [-0.3, -0.25) is 4.79 Å². The van der Waals surface area contributed by atoms with Crippen LogP contribution in [0.5, 0.6) is 5.75 Å². The van der Waals surface area contributed by atoms with Gasteiger partial charge in [-0.25, -0.2) is 0 Å². The Hall–Kier alpha value is -1.68. The van der Waals surface area contributed by atoms with Gasteiger partial charge in [-0.1, -0.05) is 11.6 Å². The highest BCUT2D eigenvalue weighted by atomic mass is 35.5. The number of rotatable bonds is 4. The molecule has 0 aromatic heterocycles. The van der Waals surface area contributed by atoms with Crippen molar-refractivity contribution in [2.75, 3.05) is 25.1 Å². The van der Waals surface area contributed by atoms with E-state index in [-0.39, 0.29) is 5.97 Å². The molecule has 2 rings (SSSR count). The molecule has 1 fully saturated rings. The summed E-state index contributed by atoms with van der Waals surface area (Å²) < 4.78 is 10.4. The lowest BCUT2D eigenvalue weighted by atomic mass is 10.0. The van der Waals surface area contributed by atoms with Crippen molar-refractivity contribution in [1.29, 1.82) is 0 Å². The van der Waals surface area contributed by atoms with Crippen molar-refractivity contribution in [3.63, 3.8) is 0 Å². The first-order chi connectivity index (χ1) is 10.5. The van der Waals surface area contributed by atoms with Crippen LogP contribution < -0.4 is 9.64 Å². The molecule has 120 valence electrons. The number of anilines is 1. The minimum Gasteiger partial charge on any atom is -0.504 e. The van der Waals surface area contributed by atoms with E-state index in [4.69, 9.17) is 21.1 Å². The Bertz CT molecular complexity index is 578. The molecule has 4 nitrogen and oxygen atoms in total. The third kappa shape index (κ3) is 3.95. The molecule has 1 heterocycles. The highest BCUT2D eigenvalue weighted by Gasteiger charge is 2.19. The fourth-order valence-electron chi connectivity index (χ4n) is 2.71. The molecule has 0 aliphatic carbocycles. The third-order valence-corrected chi connectivity index (χ3v) is 4.02. The van der Waals surface area contributed by atoms with Gasteiger partial charge in [-0.15, -0.1) is 0 Å². The van der Waals surface area contributed by atoms with Crippen molar-refractivity contribution in [3.05, 3.63) is 29.0 Å². The van der Waals surface area contributed by atoms with E-state index in [1.54, 1.807) is 13.4 Å². The SMILES string of the molecule is COC=C(C)c1cc(Cl)c(N2CCCCC2)cc1OC(C)=O. The molecule has 0 unspecified atom stereocenters. The zero-order valence-electron chi connectivity index (χ0n) is 13.3. The second kappa shape index (κ2) is 7.54. The van der Waals surface area contributed by atoms with Crippen LogP contribution in [0.15, 0.2) is 18.4 Å². The van der Waals surface area contributed by atoms with Gasteiger partial charge in [0.1, 0.15) is 5.75 Å². The standard InChI is InChI=1S/C17H22ClNO3/c1-12(11-21-3)14-9-15(18)16(10-17(14)22-13(2)20)19-7-5-4-6-8-19/h9-11H,4-8H2,1-3H3. The van der Waals surface area contributed by atoms with Crippen molar-refractivity contribution >= 4 is 28.8 Å². The molecular weight excluding hydrogens is 302 g/mol. The molecule has 1 saturated heterocycles. The highest BCUT2D eigenvalue weighted by molar-refractivity contribution is 6.33. The van der Waals surface area contributed by atoms with Gasteiger partial charge in [0.25, 0.3) is 0 Å². The van der Waals surface area contributed by atoms with Crippen LogP contribution in [0.4, 0.5) is 5.69 Å². The van der Waals surface area contributed by atoms with Crippen LogP contribution in [0.1, 0.15) is 38.7 Å². The topological polar surface area (TPSA) is 38.8 Å². The number of hydrogen-bond acceptors (Lipinski definition) is 4. The molecule has 0 amide bonds. The van der Waals surface area contributed by atoms with Crippen LogP contribution in [0.2, 0.25) is 5.02 Å². The van der Waals surface area contributed by atoms with E-state index in [0.29, 0.717) is 10.8 Å². The van der Waals surface area contributed by atoms with Crippen LogP contribution in [-0.4, -0.2) is 26.2 Å². The van der Waals surface area contributed by atoms with Crippen molar-refractivity contribution in [1.82, 2.24) is 0 Å². The summed E-state index contributed by atoms with van der Waals surface area (Å²) in [6.07, 6.45) is 5.17. The van der Waals surface area contributed by atoms with Crippen molar-refractivity contribution in [2.24, 2.45) is 0 Å². The van der Waals surface area contributed by atoms with Gasteiger partial charge in [0, 0.05) is 31.6 Å². The second-order valence-corrected chi connectivity index (χ2v) is 5.88. The lowest BCUT2D eigenvalue weighted by Gasteiger charge is -2.30. The van der Waals surface area contributed by atoms with Gasteiger partial charge in [0.15, 0.2) is 0 Å². The Labute approximate surface area is 136 Å². The van der Waals surface area contributed by atoms with E-state index in [2.05, 4.69) is 4.90 Å². The molecule has 0 atom stereocenters. The van der Waals surface area contributed by atoms with Crippen molar-refractivity contribution in [2.45, 2.75) is 33.1 Å². The molecule has 5 heteroatoms. The first-order valence-electron chi connectivity index (χ1n) is 7.49. The van der Waals surface area contributed by atoms with E-state index in [1.807, 2.05) is 19.1 Å². The average Bonchev–Trinajstić information content (AvgIpc) is 2.49. The smallest absolute Gasteiger partial charge is 0.308 e. The number of hydrogen-bond donors (Lipinski definition) is 0. The zero-order chi connectivity index (χ0) is 16.1. The lowest BCUT2D eigenvalue weighted by molar-refractivity contribution is -0.131. The van der Waals surface area contributed by atoms with E-state index in [0.717, 1.165) is 42.8 Å². The number of nitrogens with zero attached hydrogens (tertiary/aromatic N) is 1. The van der Waals surface area contributed by atoms with E-state index in [1.165, 1.54) is 13.3 Å². The number of carbonyl (C=O) groups excluding carboxylic acids is 1. The number of halogens is 1. The quantitative estimate of drug-likeness (QED) is 0.471. The summed E-state index contributed by atoms with van der Waals surface area (Å²) in [6, 6.07) is 3.70.